The number of alkyl halides is 3. The van der Waals surface area contributed by atoms with Gasteiger partial charge in [0.2, 0.25) is 5.43 Å². The molecule has 0 spiro atoms. The summed E-state index contributed by atoms with van der Waals surface area (Å²) in [7, 11) is 0. The molecule has 1 fully saturated rings. The first-order valence-corrected chi connectivity index (χ1v) is 13.3. The number of hydrogen-bond donors (Lipinski definition) is 2. The van der Waals surface area contributed by atoms with Gasteiger partial charge in [0.15, 0.2) is 11.4 Å². The number of nitrogens with zero attached hydrogens (tertiary/aromatic N) is 3. The molecule has 0 bridgehead atoms. The average Bonchev–Trinajstić information content (AvgIpc) is 3.77. The van der Waals surface area contributed by atoms with Crippen molar-refractivity contribution in [3.05, 3.63) is 87.8 Å². The lowest BCUT2D eigenvalue weighted by Crippen LogP contribution is -2.46. The number of carbonyl (C=O) groups is 2. The Morgan fingerprint density at radius 1 is 0.976 bits per heavy atom. The van der Waals surface area contributed by atoms with E-state index in [-0.39, 0.29) is 17.6 Å². The van der Waals surface area contributed by atoms with Gasteiger partial charge in [-0.1, -0.05) is 54.6 Å². The van der Waals surface area contributed by atoms with Crippen LogP contribution in [0.2, 0.25) is 0 Å². The minimum Gasteiger partial charge on any atom is -0.503 e. The Balaban J connectivity index is 0.000000493. The Morgan fingerprint density at radius 3 is 2.10 bits per heavy atom. The van der Waals surface area contributed by atoms with Crippen molar-refractivity contribution >= 4 is 11.9 Å². The predicted octanol–water partition coefficient (Wildman–Crippen LogP) is 4.88. The molecule has 1 aliphatic heterocycles. The zero-order valence-corrected chi connectivity index (χ0v) is 22.8. The first-order valence-electron chi connectivity index (χ1n) is 13.3. The van der Waals surface area contributed by atoms with Crippen molar-refractivity contribution < 1.29 is 33.0 Å². The first-order chi connectivity index (χ1) is 19.4. The van der Waals surface area contributed by atoms with Crippen LogP contribution in [0.25, 0.3) is 11.1 Å². The summed E-state index contributed by atoms with van der Waals surface area (Å²) in [6.45, 7) is 6.39. The predicted molar refractivity (Wildman–Crippen MR) is 146 cm³/mol. The Hall–Kier alpha value is -4.12. The van der Waals surface area contributed by atoms with Crippen LogP contribution in [0.4, 0.5) is 13.2 Å². The molecule has 41 heavy (non-hydrogen) atoms. The highest BCUT2D eigenvalue weighted by molar-refractivity contribution is 5.96. The average molecular weight is 572 g/mol. The Labute approximate surface area is 235 Å². The summed E-state index contributed by atoms with van der Waals surface area (Å²) in [6, 6.07) is 21.0. The van der Waals surface area contributed by atoms with Crippen molar-refractivity contribution in [3.63, 3.8) is 0 Å². The molecule has 5 rings (SSSR count). The molecule has 2 heterocycles. The van der Waals surface area contributed by atoms with E-state index in [1.807, 2.05) is 36.6 Å². The van der Waals surface area contributed by atoms with Crippen molar-refractivity contribution in [3.8, 4) is 16.9 Å². The maximum atomic E-state index is 13.0. The maximum absolute atomic E-state index is 13.0. The van der Waals surface area contributed by atoms with Crippen LogP contribution in [0.15, 0.2) is 65.5 Å². The molecular formula is C30H32F3N3O5. The number of benzene rings is 2. The quantitative estimate of drug-likeness (QED) is 0.419. The van der Waals surface area contributed by atoms with Gasteiger partial charge in [0.25, 0.3) is 5.91 Å². The van der Waals surface area contributed by atoms with Gasteiger partial charge in [0, 0.05) is 50.0 Å². The summed E-state index contributed by atoms with van der Waals surface area (Å²) < 4.78 is 33.6. The number of aromatic nitrogens is 1. The molecule has 8 nitrogen and oxygen atoms in total. The monoisotopic (exact) mass is 571 g/mol. The van der Waals surface area contributed by atoms with Gasteiger partial charge in [-0.3, -0.25) is 14.5 Å². The SMILES string of the molecule is CC(C)N1CCn2c(CN(Cc3ccc(-c4ccccc4)cc3)C3CC3)cc(=O)c(O)c2C1=O.O=C(O)C(F)(F)F. The number of aromatic hydroxyl groups is 1. The fraction of sp³-hybridized carbons (Fsp3) is 0.367. The second kappa shape index (κ2) is 12.2. The number of carboxylic acid groups (broad SMARTS) is 1. The number of halogens is 3. The molecule has 218 valence electrons. The van der Waals surface area contributed by atoms with Gasteiger partial charge in [-0.2, -0.15) is 13.2 Å². The van der Waals surface area contributed by atoms with E-state index in [0.29, 0.717) is 25.7 Å². The Morgan fingerprint density at radius 2 is 1.56 bits per heavy atom. The standard InChI is InChI=1S/C28H31N3O3.C2HF3O2/c1-19(2)30-14-15-31-24(16-25(32)27(33)26(31)28(30)34)18-29(23-12-13-23)17-20-8-10-22(11-9-20)21-6-4-3-5-7-21;3-2(4,5)1(6)7/h3-11,16,19,23,33H,12-15,17-18H2,1-2H3;(H,6,7). The third-order valence-electron chi connectivity index (χ3n) is 7.14. The third-order valence-corrected chi connectivity index (χ3v) is 7.14. The van der Waals surface area contributed by atoms with Gasteiger partial charge < -0.3 is 19.7 Å². The number of fused-ring (bicyclic) bond motifs is 1. The number of pyridine rings is 1. The van der Waals surface area contributed by atoms with Gasteiger partial charge in [-0.25, -0.2) is 4.79 Å². The van der Waals surface area contributed by atoms with E-state index in [2.05, 4.69) is 41.3 Å². The van der Waals surface area contributed by atoms with E-state index in [1.54, 1.807) is 4.90 Å². The summed E-state index contributed by atoms with van der Waals surface area (Å²) in [4.78, 5) is 38.6. The van der Waals surface area contributed by atoms with Crippen LogP contribution in [-0.2, 0) is 24.4 Å². The van der Waals surface area contributed by atoms with E-state index in [0.717, 1.165) is 25.1 Å². The fourth-order valence-corrected chi connectivity index (χ4v) is 4.86. The van der Waals surface area contributed by atoms with Gasteiger partial charge in [0.05, 0.1) is 0 Å². The van der Waals surface area contributed by atoms with E-state index in [1.165, 1.54) is 22.8 Å². The molecule has 0 atom stereocenters. The molecule has 2 aromatic carbocycles. The van der Waals surface area contributed by atoms with E-state index in [9.17, 15) is 27.9 Å². The summed E-state index contributed by atoms with van der Waals surface area (Å²) in [6.07, 6.45) is -2.81. The van der Waals surface area contributed by atoms with Crippen LogP contribution in [0, 0.1) is 0 Å². The lowest BCUT2D eigenvalue weighted by atomic mass is 10.0. The van der Waals surface area contributed by atoms with Gasteiger partial charge in [-0.15, -0.1) is 0 Å². The summed E-state index contributed by atoms with van der Waals surface area (Å²) in [5, 5.41) is 17.6. The van der Waals surface area contributed by atoms with Gasteiger partial charge >= 0.3 is 12.1 Å². The molecule has 0 saturated heterocycles. The Bertz CT molecular complexity index is 1450. The van der Waals surface area contributed by atoms with Crippen LogP contribution >= 0.6 is 0 Å². The zero-order valence-electron chi connectivity index (χ0n) is 22.8. The summed E-state index contributed by atoms with van der Waals surface area (Å²) in [5.41, 5.74) is 4.04. The molecule has 1 aromatic heterocycles. The summed E-state index contributed by atoms with van der Waals surface area (Å²) >= 11 is 0. The number of amides is 1. The number of carbonyl (C=O) groups excluding carboxylic acids is 1. The van der Waals surface area contributed by atoms with Crippen molar-refractivity contribution in [1.29, 1.82) is 0 Å². The molecule has 11 heteroatoms. The molecule has 3 aromatic rings. The minimum atomic E-state index is -5.08. The molecule has 2 N–H and O–H groups in total. The molecule has 1 aliphatic carbocycles. The van der Waals surface area contributed by atoms with Crippen LogP contribution < -0.4 is 5.43 Å². The fourth-order valence-electron chi connectivity index (χ4n) is 4.86. The zero-order chi connectivity index (χ0) is 29.9. The molecular weight excluding hydrogens is 539 g/mol. The Kier molecular flexibility index (Phi) is 8.86. The van der Waals surface area contributed by atoms with Crippen molar-refractivity contribution in [2.45, 2.75) is 64.6 Å². The normalized spacial score (nSPS) is 15.0. The number of aliphatic carboxylic acids is 1. The highest BCUT2D eigenvalue weighted by Gasteiger charge is 2.38. The highest BCUT2D eigenvalue weighted by atomic mass is 19.4. The number of hydrogen-bond acceptors (Lipinski definition) is 5. The molecule has 0 radical (unpaired) electrons. The van der Waals surface area contributed by atoms with E-state index < -0.39 is 23.3 Å². The topological polar surface area (TPSA) is 103 Å². The third kappa shape index (κ3) is 7.15. The number of carboxylic acids is 1. The van der Waals surface area contributed by atoms with Crippen LogP contribution in [-0.4, -0.2) is 61.3 Å². The van der Waals surface area contributed by atoms with Crippen molar-refractivity contribution in [2.75, 3.05) is 6.54 Å². The molecule has 1 saturated carbocycles. The lowest BCUT2D eigenvalue weighted by molar-refractivity contribution is -0.192. The van der Waals surface area contributed by atoms with Crippen LogP contribution in [0.3, 0.4) is 0 Å². The van der Waals surface area contributed by atoms with Crippen LogP contribution in [0.1, 0.15) is 48.4 Å². The van der Waals surface area contributed by atoms with Crippen molar-refractivity contribution in [2.24, 2.45) is 0 Å². The lowest BCUT2D eigenvalue weighted by Gasteiger charge is -2.35. The van der Waals surface area contributed by atoms with E-state index >= 15 is 0 Å². The van der Waals surface area contributed by atoms with Crippen molar-refractivity contribution in [1.82, 2.24) is 14.4 Å². The van der Waals surface area contributed by atoms with E-state index in [4.69, 9.17) is 9.90 Å². The molecule has 1 amide bonds. The molecule has 2 aliphatic rings. The smallest absolute Gasteiger partial charge is 0.490 e. The maximum Gasteiger partial charge on any atom is 0.490 e. The largest absolute Gasteiger partial charge is 0.503 e. The van der Waals surface area contributed by atoms with Crippen LogP contribution in [0.5, 0.6) is 5.75 Å². The summed E-state index contributed by atoms with van der Waals surface area (Å²) in [5.74, 6) is -3.46. The number of rotatable bonds is 7. The highest BCUT2D eigenvalue weighted by Crippen LogP contribution is 2.31. The first kappa shape index (κ1) is 29.9. The molecule has 0 unspecified atom stereocenters. The van der Waals surface area contributed by atoms with Gasteiger partial charge in [0.1, 0.15) is 0 Å². The second-order valence-corrected chi connectivity index (χ2v) is 10.4. The second-order valence-electron chi connectivity index (χ2n) is 10.4. The minimum absolute atomic E-state index is 0.0150. The van der Waals surface area contributed by atoms with Gasteiger partial charge in [-0.05, 0) is 43.4 Å².